The van der Waals surface area contributed by atoms with Gasteiger partial charge in [0.1, 0.15) is 6.73 Å². The number of nitrogens with zero attached hydrogens (tertiary/aromatic N) is 2. The van der Waals surface area contributed by atoms with E-state index in [2.05, 4.69) is 45.7 Å². The number of rotatable bonds is 14. The van der Waals surface area contributed by atoms with Crippen LogP contribution in [-0.2, 0) is 39.9 Å². The van der Waals surface area contributed by atoms with Gasteiger partial charge in [0.2, 0.25) is 11.8 Å². The van der Waals surface area contributed by atoms with Gasteiger partial charge < -0.3 is 20.8 Å². The van der Waals surface area contributed by atoms with Crippen LogP contribution >= 0.6 is 48.5 Å². The predicted molar refractivity (Wildman–Crippen MR) is 153 cm³/mol. The second kappa shape index (κ2) is 18.4. The summed E-state index contributed by atoms with van der Waals surface area (Å²) in [5.74, 6) is 1.22. The van der Waals surface area contributed by atoms with E-state index in [1.807, 2.05) is 18.2 Å². The summed E-state index contributed by atoms with van der Waals surface area (Å²) >= 11 is 21.0. The van der Waals surface area contributed by atoms with Gasteiger partial charge in [0, 0.05) is 43.8 Å². The van der Waals surface area contributed by atoms with Crippen molar-refractivity contribution in [3.63, 3.8) is 0 Å². The van der Waals surface area contributed by atoms with Crippen molar-refractivity contribution in [1.82, 2.24) is 20.4 Å². The van der Waals surface area contributed by atoms with Crippen LogP contribution in [0.25, 0.3) is 0 Å². The van der Waals surface area contributed by atoms with Crippen molar-refractivity contribution >= 4 is 60.3 Å². The van der Waals surface area contributed by atoms with Crippen molar-refractivity contribution in [3.8, 4) is 0 Å². The van der Waals surface area contributed by atoms with Gasteiger partial charge in [0.25, 0.3) is 0 Å². The zero-order valence-corrected chi connectivity index (χ0v) is 26.7. The van der Waals surface area contributed by atoms with E-state index in [-0.39, 0.29) is 62.0 Å². The largest absolute Gasteiger partial charge is 5.00 e. The van der Waals surface area contributed by atoms with Crippen LogP contribution in [0.1, 0.15) is 37.2 Å². The zero-order valence-electron chi connectivity index (χ0n) is 21.6. The Balaban J connectivity index is 0.00000361. The molecule has 0 saturated carbocycles. The van der Waals surface area contributed by atoms with E-state index in [0.717, 1.165) is 50.9 Å². The van der Waals surface area contributed by atoms with Crippen molar-refractivity contribution in [2.24, 2.45) is 5.92 Å². The quantitative estimate of drug-likeness (QED) is 0.178. The van der Waals surface area contributed by atoms with Gasteiger partial charge in [0.15, 0.2) is 0 Å². The van der Waals surface area contributed by atoms with Gasteiger partial charge in [-0.3, -0.25) is 19.4 Å². The van der Waals surface area contributed by atoms with Gasteiger partial charge >= 0.3 is 20.1 Å². The number of nitrogens with one attached hydrogen (secondary N) is 2. The number of piperidine rings is 1. The molecule has 1 aromatic rings. The molecule has 13 heteroatoms. The average Bonchev–Trinajstić information content (AvgIpc) is 3.13. The van der Waals surface area contributed by atoms with Gasteiger partial charge in [-0.25, -0.2) is 0 Å². The first-order valence-electron chi connectivity index (χ1n) is 12.6. The number of methoxy groups -OCH3 is 1. The van der Waals surface area contributed by atoms with Crippen LogP contribution in [0.5, 0.6) is 0 Å². The number of carbonyl (C=O) groups is 2. The average molecular weight is 692 g/mol. The molecule has 2 saturated heterocycles. The molecule has 2 amide bonds. The van der Waals surface area contributed by atoms with E-state index in [4.69, 9.17) is 27.9 Å². The van der Waals surface area contributed by atoms with E-state index < -0.39 is 0 Å². The third-order valence-corrected chi connectivity index (χ3v) is 8.40. The maximum absolute atomic E-state index is 13.4. The van der Waals surface area contributed by atoms with Crippen molar-refractivity contribution < 1.29 is 39.9 Å². The number of hydrogen-bond donors (Lipinski definition) is 4. The maximum atomic E-state index is 13.4. The summed E-state index contributed by atoms with van der Waals surface area (Å²) in [6, 6.07) is 6.29. The summed E-state index contributed by atoms with van der Waals surface area (Å²) < 4.78 is 5.12. The molecule has 212 valence electrons. The summed E-state index contributed by atoms with van der Waals surface area (Å²) in [5, 5.41) is 6.87. The summed E-state index contributed by atoms with van der Waals surface area (Å²) in [5.41, 5.74) is 1.06. The molecule has 8 nitrogen and oxygen atoms in total. The summed E-state index contributed by atoms with van der Waals surface area (Å²) in [6.07, 6.45) is 3.87. The van der Waals surface area contributed by atoms with Crippen LogP contribution in [0, 0.1) is 5.92 Å². The molecular weight excluding hydrogens is 653 g/mol. The minimum absolute atomic E-state index is 0. The first-order chi connectivity index (χ1) is 17.4. The number of amides is 2. The summed E-state index contributed by atoms with van der Waals surface area (Å²) in [6.45, 7) is 3.57. The van der Waals surface area contributed by atoms with E-state index in [1.54, 1.807) is 7.11 Å². The Labute approximate surface area is 260 Å². The third kappa shape index (κ3) is 9.79. The Morgan fingerprint density at radius 3 is 2.55 bits per heavy atom. The van der Waals surface area contributed by atoms with Crippen molar-refractivity contribution in [1.29, 1.82) is 0 Å². The fourth-order valence-electron chi connectivity index (χ4n) is 5.71. The Hall–Kier alpha value is -0.0706. The Morgan fingerprint density at radius 1 is 1.13 bits per heavy atom. The Morgan fingerprint density at radius 2 is 1.89 bits per heavy atom. The standard InChI is InChI=1S/C25H38Cl2N4O3S2.O.Tc/c1-34-16-29-25(33)24-19(17-3-5-20(26)21(27)13-17)14-18-4-6-22(24)31(18)9-2-8-30(10-12-36)15-23(32)28-7-11-35;;/h3,5,13,18-19,22,24,35-36H,2,4,6-12,14-16H2,1H3,(H,28,32)(H,29,33);;/q;-2;+5/t18?,19-,22-,24+;;/m1../s1. The SMILES string of the molecule is COCNC(=O)[C@H]1[C@@H](c2ccc(Cl)c(Cl)c2)CC2CC[C@H]1N2CCCN(CCS)CC(=O)NCCS.[O-2].[Tc+5]. The molecule has 3 rings (SSSR count). The van der Waals surface area contributed by atoms with Crippen LogP contribution in [0.3, 0.4) is 0 Å². The molecule has 2 fully saturated rings. The fraction of sp³-hybridized carbons (Fsp3) is 0.680. The third-order valence-electron chi connectivity index (χ3n) is 7.24. The van der Waals surface area contributed by atoms with E-state index >= 15 is 0 Å². The van der Waals surface area contributed by atoms with Crippen LogP contribution in [0.4, 0.5) is 0 Å². The summed E-state index contributed by atoms with van der Waals surface area (Å²) in [4.78, 5) is 30.2. The summed E-state index contributed by atoms with van der Waals surface area (Å²) in [7, 11) is 1.57. The first kappa shape index (κ1) is 36.0. The van der Waals surface area contributed by atoms with Gasteiger partial charge in [-0.05, 0) is 62.4 Å². The molecular formula is C25H38Cl2N4O4S2Tc+3. The van der Waals surface area contributed by atoms with Crippen LogP contribution < -0.4 is 10.6 Å². The monoisotopic (exact) mass is 689 g/mol. The van der Waals surface area contributed by atoms with Gasteiger partial charge in [-0.15, -0.1) is 0 Å². The minimum Gasteiger partial charge on any atom is -2.00 e. The van der Waals surface area contributed by atoms with Gasteiger partial charge in [-0.1, -0.05) is 29.3 Å². The molecule has 38 heavy (non-hydrogen) atoms. The molecule has 0 aliphatic carbocycles. The van der Waals surface area contributed by atoms with Crippen molar-refractivity contribution in [3.05, 3.63) is 33.8 Å². The fourth-order valence-corrected chi connectivity index (χ4v) is 6.41. The van der Waals surface area contributed by atoms with Crippen molar-refractivity contribution in [2.75, 3.05) is 58.1 Å². The van der Waals surface area contributed by atoms with Gasteiger partial charge in [-0.2, -0.15) is 25.3 Å². The molecule has 0 radical (unpaired) electrons. The van der Waals surface area contributed by atoms with Crippen LogP contribution in [0.15, 0.2) is 18.2 Å². The minimum atomic E-state index is -0.198. The van der Waals surface area contributed by atoms with Crippen LogP contribution in [0.2, 0.25) is 10.0 Å². The molecule has 2 aliphatic rings. The molecule has 2 heterocycles. The number of fused-ring (bicyclic) bond motifs is 2. The molecule has 2 bridgehead atoms. The normalized spacial score (nSPS) is 22.5. The predicted octanol–water partition coefficient (Wildman–Crippen LogP) is 3.20. The molecule has 0 spiro atoms. The number of benzene rings is 1. The molecule has 1 aromatic carbocycles. The number of ether oxygens (including phenoxy) is 1. The number of thiol groups is 2. The molecule has 0 aromatic heterocycles. The molecule has 4 atom stereocenters. The first-order valence-corrected chi connectivity index (χ1v) is 14.6. The second-order valence-electron chi connectivity index (χ2n) is 9.48. The number of hydrogen-bond acceptors (Lipinski definition) is 7. The number of halogens is 2. The van der Waals surface area contributed by atoms with E-state index in [9.17, 15) is 9.59 Å². The second-order valence-corrected chi connectivity index (χ2v) is 11.2. The molecule has 2 aliphatic heterocycles. The van der Waals surface area contributed by atoms with E-state index in [1.165, 1.54) is 0 Å². The molecule has 2 N–H and O–H groups in total. The van der Waals surface area contributed by atoms with E-state index in [0.29, 0.717) is 40.7 Å². The van der Waals surface area contributed by atoms with Crippen molar-refractivity contribution in [2.45, 2.75) is 43.7 Å². The molecule has 1 unspecified atom stereocenters. The zero-order chi connectivity index (χ0) is 26.1. The number of carbonyl (C=O) groups excluding carboxylic acids is 2. The Bertz CT molecular complexity index is 892. The smallest absolute Gasteiger partial charge is 2.00 e. The maximum Gasteiger partial charge on any atom is 5.00 e. The van der Waals surface area contributed by atoms with Crippen LogP contribution in [-0.4, -0.2) is 91.8 Å². The van der Waals surface area contributed by atoms with Gasteiger partial charge in [0.05, 0.1) is 22.5 Å². The Kier molecular flexibility index (Phi) is 17.4. The topological polar surface area (TPSA) is 102 Å².